The summed E-state index contributed by atoms with van der Waals surface area (Å²) in [4.78, 5) is 21.6. The highest BCUT2D eigenvalue weighted by Crippen LogP contribution is 2.25. The van der Waals surface area contributed by atoms with E-state index in [0.717, 1.165) is 0 Å². The summed E-state index contributed by atoms with van der Waals surface area (Å²) in [7, 11) is -4.64. The largest absolute Gasteiger partial charge is 0.466 e. The van der Waals surface area contributed by atoms with Crippen LogP contribution in [0.4, 0.5) is 0 Å². The van der Waals surface area contributed by atoms with Crippen molar-refractivity contribution in [1.82, 2.24) is 0 Å². The summed E-state index contributed by atoms with van der Waals surface area (Å²) in [5.41, 5.74) is 0. The average Bonchev–Trinajstić information content (AvgIpc) is 1.62. The predicted octanol–water partition coefficient (Wildman–Crippen LogP) is 1.93. The van der Waals surface area contributed by atoms with Crippen molar-refractivity contribution >= 4 is 42.6 Å². The lowest BCUT2D eigenvalue weighted by Crippen LogP contribution is -2.05. The maximum absolute atomic E-state index is 8.88. The average molecular weight is 382 g/mol. The Morgan fingerprint density at radius 1 is 0.650 bits per heavy atom. The van der Waals surface area contributed by atoms with Crippen LogP contribution < -0.4 is 0 Å². The molecule has 0 saturated heterocycles. The van der Waals surface area contributed by atoms with Gasteiger partial charge in [-0.2, -0.15) is 0 Å². The Morgan fingerprint density at radius 2 is 0.650 bits per heavy atom. The standard InChI is InChI=1S/3C3H7ClO.H3O4P/c3*1-3(2,4)5;1-5(2,3)4/h3*5H,1-2H3;(H3,1,2,3,4). The predicted molar refractivity (Wildman–Crippen MR) is 80.7 cm³/mol. The Kier molecular flexibility index (Phi) is 16.5. The quantitative estimate of drug-likeness (QED) is 0.278. The lowest BCUT2D eigenvalue weighted by Gasteiger charge is -2.01. The van der Waals surface area contributed by atoms with Gasteiger partial charge in [0.2, 0.25) is 0 Å². The first-order chi connectivity index (χ1) is 8.00. The van der Waals surface area contributed by atoms with Crippen molar-refractivity contribution in [3.8, 4) is 0 Å². The second kappa shape index (κ2) is 11.4. The Morgan fingerprint density at radius 3 is 0.650 bits per heavy atom. The lowest BCUT2D eigenvalue weighted by atomic mass is 10.5. The molecule has 11 heteroatoms. The molecule has 0 radical (unpaired) electrons. The minimum atomic E-state index is -4.64. The van der Waals surface area contributed by atoms with Crippen molar-refractivity contribution in [3.05, 3.63) is 0 Å². The van der Waals surface area contributed by atoms with E-state index >= 15 is 0 Å². The summed E-state index contributed by atoms with van der Waals surface area (Å²) < 4.78 is 8.88. The SMILES string of the molecule is CC(C)(O)Cl.CC(C)(O)Cl.CC(C)(O)Cl.O=P(O)(O)O. The number of alkyl halides is 3. The summed E-state index contributed by atoms with van der Waals surface area (Å²) in [5, 5.41) is 21.8. The number of aliphatic hydroxyl groups is 3. The van der Waals surface area contributed by atoms with Gasteiger partial charge in [-0.3, -0.25) is 0 Å². The van der Waals surface area contributed by atoms with E-state index < -0.39 is 23.0 Å². The van der Waals surface area contributed by atoms with Gasteiger partial charge in [-0.25, -0.2) is 4.57 Å². The first-order valence-corrected chi connectivity index (χ1v) is 7.72. The summed E-state index contributed by atoms with van der Waals surface area (Å²) in [6.45, 7) is 9.05. The van der Waals surface area contributed by atoms with Crippen LogP contribution in [0, 0.1) is 0 Å². The van der Waals surface area contributed by atoms with Gasteiger partial charge in [-0.1, -0.05) is 34.8 Å². The summed E-state index contributed by atoms with van der Waals surface area (Å²) in [6.07, 6.45) is 0. The summed E-state index contributed by atoms with van der Waals surface area (Å²) in [5.74, 6) is 0. The molecule has 0 aliphatic heterocycles. The molecule has 0 aliphatic rings. The molecular weight excluding hydrogens is 357 g/mol. The van der Waals surface area contributed by atoms with Crippen LogP contribution in [0.25, 0.3) is 0 Å². The summed E-state index contributed by atoms with van der Waals surface area (Å²) in [6, 6.07) is 0. The molecule has 0 amide bonds. The number of halogens is 3. The molecule has 0 fully saturated rings. The van der Waals surface area contributed by atoms with Crippen LogP contribution in [0.15, 0.2) is 0 Å². The van der Waals surface area contributed by atoms with E-state index in [1.807, 2.05) is 0 Å². The molecular formula is C9H24Cl3O7P. The number of rotatable bonds is 0. The second-order valence-electron chi connectivity index (χ2n) is 4.74. The van der Waals surface area contributed by atoms with Gasteiger partial charge in [0.25, 0.3) is 0 Å². The minimum absolute atomic E-state index is 1.03. The zero-order valence-corrected chi connectivity index (χ0v) is 15.3. The van der Waals surface area contributed by atoms with Gasteiger partial charge in [0, 0.05) is 0 Å². The van der Waals surface area contributed by atoms with Crippen molar-refractivity contribution in [2.75, 3.05) is 0 Å². The fraction of sp³-hybridized carbons (Fsp3) is 1.00. The third-order valence-corrected chi connectivity index (χ3v) is 0. The maximum Gasteiger partial charge on any atom is 0.466 e. The van der Waals surface area contributed by atoms with Gasteiger partial charge in [0.05, 0.1) is 0 Å². The first kappa shape index (κ1) is 28.9. The normalized spacial score (nSPS) is 11.9. The van der Waals surface area contributed by atoms with Crippen LogP contribution in [0.2, 0.25) is 0 Å². The highest BCUT2D eigenvalue weighted by atomic mass is 35.5. The molecule has 0 bridgehead atoms. The number of phosphoric acid groups is 1. The number of hydrogen-bond acceptors (Lipinski definition) is 4. The minimum Gasteiger partial charge on any atom is -0.376 e. The van der Waals surface area contributed by atoms with Gasteiger partial charge in [-0.15, -0.1) is 0 Å². The topological polar surface area (TPSA) is 138 Å². The van der Waals surface area contributed by atoms with E-state index in [1.165, 1.54) is 41.5 Å². The lowest BCUT2D eigenvalue weighted by molar-refractivity contribution is 0.170. The van der Waals surface area contributed by atoms with Crippen LogP contribution >= 0.6 is 42.6 Å². The highest BCUT2D eigenvalue weighted by Gasteiger charge is 2.02. The molecule has 0 rings (SSSR count). The molecule has 0 aromatic heterocycles. The fourth-order valence-electron chi connectivity index (χ4n) is 0. The first-order valence-electron chi connectivity index (χ1n) is 5.02. The van der Waals surface area contributed by atoms with E-state index in [9.17, 15) is 0 Å². The van der Waals surface area contributed by atoms with Crippen molar-refractivity contribution < 1.29 is 34.6 Å². The van der Waals surface area contributed by atoms with E-state index in [1.54, 1.807) is 0 Å². The van der Waals surface area contributed by atoms with Crippen molar-refractivity contribution in [2.24, 2.45) is 0 Å². The molecule has 0 atom stereocenters. The van der Waals surface area contributed by atoms with E-state index in [0.29, 0.717) is 0 Å². The van der Waals surface area contributed by atoms with Crippen molar-refractivity contribution in [2.45, 2.75) is 56.7 Å². The van der Waals surface area contributed by atoms with Gasteiger partial charge in [0.15, 0.2) is 0 Å². The van der Waals surface area contributed by atoms with Crippen LogP contribution in [-0.2, 0) is 4.57 Å². The highest BCUT2D eigenvalue weighted by molar-refractivity contribution is 7.45. The van der Waals surface area contributed by atoms with Gasteiger partial charge in [-0.05, 0) is 41.5 Å². The van der Waals surface area contributed by atoms with E-state index in [4.69, 9.17) is 69.4 Å². The van der Waals surface area contributed by atoms with Gasteiger partial charge >= 0.3 is 7.82 Å². The molecule has 0 spiro atoms. The fourth-order valence-corrected chi connectivity index (χ4v) is 0. The van der Waals surface area contributed by atoms with Gasteiger partial charge < -0.3 is 30.0 Å². The maximum atomic E-state index is 8.88. The van der Waals surface area contributed by atoms with Crippen LogP contribution in [0.5, 0.6) is 0 Å². The molecule has 0 saturated carbocycles. The van der Waals surface area contributed by atoms with Crippen LogP contribution in [-0.4, -0.2) is 45.2 Å². The number of hydrogen-bond donors (Lipinski definition) is 6. The molecule has 0 unspecified atom stereocenters. The monoisotopic (exact) mass is 380 g/mol. The van der Waals surface area contributed by atoms with Crippen LogP contribution in [0.1, 0.15) is 41.5 Å². The molecule has 0 aromatic rings. The Labute approximate surface area is 134 Å². The zero-order valence-electron chi connectivity index (χ0n) is 12.2. The van der Waals surface area contributed by atoms with Gasteiger partial charge in [0.1, 0.15) is 15.2 Å². The van der Waals surface area contributed by atoms with Crippen molar-refractivity contribution in [1.29, 1.82) is 0 Å². The van der Waals surface area contributed by atoms with E-state index in [2.05, 4.69) is 0 Å². The molecule has 20 heavy (non-hydrogen) atoms. The molecule has 0 aromatic carbocycles. The Hall–Kier alpha value is 0.860. The Balaban J connectivity index is -0.0000000853. The molecule has 7 nitrogen and oxygen atoms in total. The molecule has 6 N–H and O–H groups in total. The molecule has 0 heterocycles. The third-order valence-electron chi connectivity index (χ3n) is 0. The van der Waals surface area contributed by atoms with Crippen LogP contribution in [0.3, 0.4) is 0 Å². The smallest absolute Gasteiger partial charge is 0.376 e. The third kappa shape index (κ3) is 8130. The summed E-state index contributed by atoms with van der Waals surface area (Å²) >= 11 is 15.3. The molecule has 0 aliphatic carbocycles. The molecule has 128 valence electrons. The van der Waals surface area contributed by atoms with Crippen molar-refractivity contribution in [3.63, 3.8) is 0 Å². The second-order valence-corrected chi connectivity index (χ2v) is 8.54. The Bertz CT molecular complexity index is 207. The van der Waals surface area contributed by atoms with E-state index in [-0.39, 0.29) is 0 Å². The zero-order chi connectivity index (χ0) is 18.0.